The molecule has 0 aliphatic carbocycles. The molecule has 0 aromatic heterocycles. The van der Waals surface area contributed by atoms with Crippen LogP contribution >= 0.6 is 27.5 Å². The topological polar surface area (TPSA) is 75.6 Å². The van der Waals surface area contributed by atoms with Crippen molar-refractivity contribution in [3.63, 3.8) is 0 Å². The molecule has 2 aromatic rings. The summed E-state index contributed by atoms with van der Waals surface area (Å²) in [6.07, 6.45) is 1.38. The highest BCUT2D eigenvalue weighted by molar-refractivity contribution is 9.10. The van der Waals surface area contributed by atoms with Crippen molar-refractivity contribution in [1.82, 2.24) is 5.32 Å². The molecule has 5 nitrogen and oxygen atoms in total. The van der Waals surface area contributed by atoms with E-state index in [9.17, 15) is 14.7 Å². The van der Waals surface area contributed by atoms with E-state index in [0.29, 0.717) is 16.3 Å². The second-order valence-corrected chi connectivity index (χ2v) is 6.92. The minimum Gasteiger partial charge on any atom is -0.484 e. The van der Waals surface area contributed by atoms with Crippen molar-refractivity contribution in [2.75, 3.05) is 6.61 Å². The summed E-state index contributed by atoms with van der Waals surface area (Å²) in [6, 6.07) is 10.5. The molecule has 0 saturated carbocycles. The van der Waals surface area contributed by atoms with Gasteiger partial charge < -0.3 is 15.2 Å². The third kappa shape index (κ3) is 5.61. The Morgan fingerprint density at radius 3 is 2.46 bits per heavy atom. The monoisotopic (exact) mass is 437 g/mol. The third-order valence-corrected chi connectivity index (χ3v) is 4.53. The van der Waals surface area contributed by atoms with Gasteiger partial charge in [-0.3, -0.25) is 4.79 Å². The Morgan fingerprint density at radius 1 is 1.23 bits per heavy atom. The van der Waals surface area contributed by atoms with Crippen LogP contribution in [0, 0.1) is 13.8 Å². The summed E-state index contributed by atoms with van der Waals surface area (Å²) in [7, 11) is 0. The van der Waals surface area contributed by atoms with Crippen molar-refractivity contribution in [2.45, 2.75) is 13.8 Å². The minimum atomic E-state index is -1.24. The Labute approximate surface area is 164 Å². The number of aryl methyl sites for hydroxylation is 2. The molecule has 0 fully saturated rings. The van der Waals surface area contributed by atoms with Crippen LogP contribution in [0.15, 0.2) is 46.6 Å². The number of benzene rings is 2. The number of carboxylic acids is 1. The first-order valence-corrected chi connectivity index (χ1v) is 8.83. The first-order chi connectivity index (χ1) is 12.3. The molecule has 0 aliphatic rings. The number of carboxylic acid groups (broad SMARTS) is 1. The number of halogens is 2. The standard InChI is InChI=1S/C19H17BrClNO4/c1-11-6-15(7-12(2)18(11)21)26-10-17(23)22-16(19(24)25)9-13-4-3-5-14(20)8-13/h3-9H,10H2,1-2H3,(H,22,23)(H,24,25)/b16-9+. The van der Waals surface area contributed by atoms with Gasteiger partial charge in [-0.05, 0) is 60.9 Å². The highest BCUT2D eigenvalue weighted by Gasteiger charge is 2.13. The Morgan fingerprint density at radius 2 is 1.88 bits per heavy atom. The average molecular weight is 439 g/mol. The zero-order chi connectivity index (χ0) is 19.3. The van der Waals surface area contributed by atoms with E-state index in [2.05, 4.69) is 21.2 Å². The Balaban J connectivity index is 2.05. The van der Waals surface area contributed by atoms with Crippen LogP contribution in [0.25, 0.3) is 6.08 Å². The summed E-state index contributed by atoms with van der Waals surface area (Å²) in [5, 5.41) is 12.3. The highest BCUT2D eigenvalue weighted by Crippen LogP contribution is 2.25. The Kier molecular flexibility index (Phi) is 6.83. The number of nitrogens with one attached hydrogen (secondary N) is 1. The van der Waals surface area contributed by atoms with Crippen LogP contribution < -0.4 is 10.1 Å². The molecule has 2 N–H and O–H groups in total. The summed E-state index contributed by atoms with van der Waals surface area (Å²) in [4.78, 5) is 23.4. The molecule has 0 saturated heterocycles. The van der Waals surface area contributed by atoms with Gasteiger partial charge in [0.15, 0.2) is 6.61 Å². The Bertz CT molecular complexity index is 857. The zero-order valence-electron chi connectivity index (χ0n) is 14.2. The van der Waals surface area contributed by atoms with Gasteiger partial charge in [-0.2, -0.15) is 0 Å². The van der Waals surface area contributed by atoms with Crippen molar-refractivity contribution in [1.29, 1.82) is 0 Å². The van der Waals surface area contributed by atoms with E-state index in [4.69, 9.17) is 16.3 Å². The van der Waals surface area contributed by atoms with Crippen molar-refractivity contribution < 1.29 is 19.4 Å². The Hall–Kier alpha value is -2.31. The third-order valence-electron chi connectivity index (χ3n) is 3.44. The molecule has 136 valence electrons. The number of ether oxygens (including phenoxy) is 1. The second-order valence-electron chi connectivity index (χ2n) is 5.63. The molecule has 0 heterocycles. The number of carbonyl (C=O) groups excluding carboxylic acids is 1. The summed E-state index contributed by atoms with van der Waals surface area (Å²) < 4.78 is 6.24. The molecule has 7 heteroatoms. The normalized spacial score (nSPS) is 11.2. The molecule has 2 aromatic carbocycles. The van der Waals surface area contributed by atoms with Crippen LogP contribution in [0.4, 0.5) is 0 Å². The van der Waals surface area contributed by atoms with Crippen molar-refractivity contribution in [3.8, 4) is 5.75 Å². The molecule has 0 unspecified atom stereocenters. The maximum absolute atomic E-state index is 12.0. The fourth-order valence-electron chi connectivity index (χ4n) is 2.24. The van der Waals surface area contributed by atoms with Crippen LogP contribution in [-0.2, 0) is 9.59 Å². The van der Waals surface area contributed by atoms with E-state index in [-0.39, 0.29) is 12.3 Å². The fraction of sp³-hybridized carbons (Fsp3) is 0.158. The molecule has 0 spiro atoms. The van der Waals surface area contributed by atoms with Gasteiger partial charge in [0.1, 0.15) is 11.4 Å². The van der Waals surface area contributed by atoms with Gasteiger partial charge >= 0.3 is 5.97 Å². The number of rotatable bonds is 6. The molecular formula is C19H17BrClNO4. The molecule has 0 bridgehead atoms. The molecule has 2 rings (SSSR count). The van der Waals surface area contributed by atoms with Crippen LogP contribution in [0.3, 0.4) is 0 Å². The predicted octanol–water partition coefficient (Wildman–Crippen LogP) is 4.34. The number of carbonyl (C=O) groups is 2. The molecule has 0 radical (unpaired) electrons. The van der Waals surface area contributed by atoms with Gasteiger partial charge in [0.25, 0.3) is 5.91 Å². The van der Waals surface area contributed by atoms with E-state index >= 15 is 0 Å². The van der Waals surface area contributed by atoms with E-state index in [0.717, 1.165) is 15.6 Å². The van der Waals surface area contributed by atoms with Gasteiger partial charge in [-0.1, -0.05) is 39.7 Å². The van der Waals surface area contributed by atoms with Gasteiger partial charge in [-0.15, -0.1) is 0 Å². The summed E-state index contributed by atoms with van der Waals surface area (Å²) >= 11 is 9.41. The number of aliphatic carboxylic acids is 1. The number of amides is 1. The second kappa shape index (κ2) is 8.87. The lowest BCUT2D eigenvalue weighted by Gasteiger charge is -2.11. The van der Waals surface area contributed by atoms with Crippen molar-refractivity contribution >= 4 is 45.5 Å². The van der Waals surface area contributed by atoms with E-state index < -0.39 is 11.9 Å². The van der Waals surface area contributed by atoms with Crippen LogP contribution in [0.2, 0.25) is 5.02 Å². The van der Waals surface area contributed by atoms with Gasteiger partial charge in [0.05, 0.1) is 0 Å². The molecule has 0 aliphatic heterocycles. The lowest BCUT2D eigenvalue weighted by atomic mass is 10.1. The predicted molar refractivity (Wildman–Crippen MR) is 104 cm³/mol. The van der Waals surface area contributed by atoms with Gasteiger partial charge in [-0.25, -0.2) is 4.79 Å². The van der Waals surface area contributed by atoms with Gasteiger partial charge in [0.2, 0.25) is 0 Å². The maximum Gasteiger partial charge on any atom is 0.352 e. The first kappa shape index (κ1) is 20.0. The zero-order valence-corrected chi connectivity index (χ0v) is 16.5. The quantitative estimate of drug-likeness (QED) is 0.658. The molecule has 1 amide bonds. The average Bonchev–Trinajstić information content (AvgIpc) is 2.57. The highest BCUT2D eigenvalue weighted by atomic mass is 79.9. The SMILES string of the molecule is Cc1cc(OCC(=O)N/C(=C/c2cccc(Br)c2)C(=O)O)cc(C)c1Cl. The molecule has 0 atom stereocenters. The van der Waals surface area contributed by atoms with Crippen molar-refractivity contribution in [3.05, 3.63) is 68.3 Å². The molecular weight excluding hydrogens is 422 g/mol. The summed E-state index contributed by atoms with van der Waals surface area (Å²) in [5.41, 5.74) is 2.08. The molecule has 26 heavy (non-hydrogen) atoms. The number of hydrogen-bond acceptors (Lipinski definition) is 3. The van der Waals surface area contributed by atoms with Crippen molar-refractivity contribution in [2.24, 2.45) is 0 Å². The van der Waals surface area contributed by atoms with E-state index in [1.807, 2.05) is 19.9 Å². The largest absolute Gasteiger partial charge is 0.484 e. The van der Waals surface area contributed by atoms with Crippen LogP contribution in [0.1, 0.15) is 16.7 Å². The van der Waals surface area contributed by atoms with E-state index in [1.54, 1.807) is 30.3 Å². The summed E-state index contributed by atoms with van der Waals surface area (Å²) in [6.45, 7) is 3.36. The summed E-state index contributed by atoms with van der Waals surface area (Å²) in [5.74, 6) is -1.32. The van der Waals surface area contributed by atoms with Gasteiger partial charge in [0, 0.05) is 9.50 Å². The maximum atomic E-state index is 12.0. The van der Waals surface area contributed by atoms with E-state index in [1.165, 1.54) is 6.08 Å². The fourth-order valence-corrected chi connectivity index (χ4v) is 2.77. The first-order valence-electron chi connectivity index (χ1n) is 7.66. The lowest BCUT2D eigenvalue weighted by molar-refractivity contribution is -0.134. The minimum absolute atomic E-state index is 0.236. The lowest BCUT2D eigenvalue weighted by Crippen LogP contribution is -2.31. The smallest absolute Gasteiger partial charge is 0.352 e. The number of hydrogen-bond donors (Lipinski definition) is 2. The van der Waals surface area contributed by atoms with Crippen LogP contribution in [-0.4, -0.2) is 23.6 Å². The van der Waals surface area contributed by atoms with Crippen LogP contribution in [0.5, 0.6) is 5.75 Å².